The Hall–Kier alpha value is -3.96. The van der Waals surface area contributed by atoms with Crippen LogP contribution in [0.3, 0.4) is 0 Å². The van der Waals surface area contributed by atoms with E-state index in [0.717, 1.165) is 0 Å². The van der Waals surface area contributed by atoms with Gasteiger partial charge in [0.25, 0.3) is 0 Å². The van der Waals surface area contributed by atoms with Gasteiger partial charge < -0.3 is 20.1 Å². The zero-order valence-corrected chi connectivity index (χ0v) is 16.3. The molecule has 0 aliphatic carbocycles. The van der Waals surface area contributed by atoms with Crippen LogP contribution in [-0.2, 0) is 7.05 Å². The Morgan fingerprint density at radius 1 is 1.13 bits per heavy atom. The van der Waals surface area contributed by atoms with Gasteiger partial charge in [0.05, 0.1) is 7.11 Å². The number of aromatic nitrogens is 4. The number of halogens is 1. The quantitative estimate of drug-likeness (QED) is 0.511. The molecule has 0 radical (unpaired) electrons. The number of benzene rings is 2. The maximum Gasteiger partial charge on any atom is 0.209 e. The molecule has 2 heterocycles. The van der Waals surface area contributed by atoms with E-state index in [1.54, 1.807) is 48.0 Å². The van der Waals surface area contributed by atoms with Gasteiger partial charge in [0, 0.05) is 18.2 Å². The number of nitrogens with zero attached hydrogens (tertiary/aromatic N) is 4. The minimum atomic E-state index is -1.09. The molecule has 150 valence electrons. The van der Waals surface area contributed by atoms with E-state index < -0.39 is 6.10 Å². The van der Waals surface area contributed by atoms with Crippen LogP contribution < -0.4 is 10.5 Å². The molecular formula is C22H18FN5O2. The number of imidazole rings is 1. The normalized spacial score (nSPS) is 11.7. The summed E-state index contributed by atoms with van der Waals surface area (Å²) in [6.07, 6.45) is -1.09. The molecule has 1 unspecified atom stereocenters. The van der Waals surface area contributed by atoms with Crippen LogP contribution in [-0.4, -0.2) is 31.7 Å². The first kappa shape index (κ1) is 19.4. The van der Waals surface area contributed by atoms with Gasteiger partial charge in [-0.05, 0) is 24.1 Å². The molecule has 0 fully saturated rings. The van der Waals surface area contributed by atoms with E-state index in [-0.39, 0.29) is 17.5 Å². The predicted octanol–water partition coefficient (Wildman–Crippen LogP) is 2.85. The molecule has 0 saturated carbocycles. The van der Waals surface area contributed by atoms with Gasteiger partial charge in [-0.25, -0.2) is 19.3 Å². The molecular weight excluding hydrogens is 385 g/mol. The van der Waals surface area contributed by atoms with Gasteiger partial charge >= 0.3 is 0 Å². The number of aliphatic hydroxyl groups is 1. The molecule has 0 aliphatic rings. The van der Waals surface area contributed by atoms with Crippen molar-refractivity contribution in [3.8, 4) is 29.0 Å². The van der Waals surface area contributed by atoms with Crippen LogP contribution in [0, 0.1) is 17.7 Å². The van der Waals surface area contributed by atoms with Gasteiger partial charge in [-0.1, -0.05) is 36.3 Å². The summed E-state index contributed by atoms with van der Waals surface area (Å²) in [5.41, 5.74) is 8.04. The Balaban J connectivity index is 1.74. The van der Waals surface area contributed by atoms with E-state index >= 15 is 0 Å². The lowest BCUT2D eigenvalue weighted by atomic mass is 10.1. The van der Waals surface area contributed by atoms with Crippen LogP contribution in [0.5, 0.6) is 5.75 Å². The van der Waals surface area contributed by atoms with Crippen LogP contribution in [0.2, 0.25) is 0 Å². The van der Waals surface area contributed by atoms with Gasteiger partial charge in [-0.3, -0.25) is 0 Å². The van der Waals surface area contributed by atoms with E-state index in [1.165, 1.54) is 19.2 Å². The van der Waals surface area contributed by atoms with E-state index in [9.17, 15) is 9.50 Å². The standard InChI is InChI=1S/C22H18FN5O2/c1-28-21(13-6-5-7-14(23)12-13)27-19-20(24)25-18(26-22(19)28)11-10-16(29)15-8-3-4-9-17(15)30-2/h3-9,12,16,29H,1-2H3,(H2,24,25,26). The van der Waals surface area contributed by atoms with Gasteiger partial charge in [0.1, 0.15) is 23.5 Å². The second kappa shape index (κ2) is 7.81. The maximum absolute atomic E-state index is 13.6. The first-order chi connectivity index (χ1) is 14.5. The van der Waals surface area contributed by atoms with Gasteiger partial charge in [-0.15, -0.1) is 0 Å². The summed E-state index contributed by atoms with van der Waals surface area (Å²) in [5.74, 6) is 6.42. The van der Waals surface area contributed by atoms with Gasteiger partial charge in [0.15, 0.2) is 17.0 Å². The van der Waals surface area contributed by atoms with E-state index in [1.807, 2.05) is 0 Å². The fraction of sp³-hybridized carbons (Fsp3) is 0.136. The minimum absolute atomic E-state index is 0.141. The fourth-order valence-corrected chi connectivity index (χ4v) is 3.13. The Bertz CT molecular complexity index is 1310. The Kier molecular flexibility index (Phi) is 5.04. The monoisotopic (exact) mass is 403 g/mol. The first-order valence-corrected chi connectivity index (χ1v) is 9.06. The number of aryl methyl sites for hydroxylation is 1. The summed E-state index contributed by atoms with van der Waals surface area (Å²) in [6, 6.07) is 13.2. The highest BCUT2D eigenvalue weighted by atomic mass is 19.1. The van der Waals surface area contributed by atoms with E-state index in [0.29, 0.717) is 33.9 Å². The number of ether oxygens (including phenoxy) is 1. The lowest BCUT2D eigenvalue weighted by Crippen LogP contribution is -2.01. The van der Waals surface area contributed by atoms with Crippen molar-refractivity contribution < 1.29 is 14.2 Å². The fourth-order valence-electron chi connectivity index (χ4n) is 3.13. The smallest absolute Gasteiger partial charge is 0.209 e. The molecule has 0 bridgehead atoms. The third-order valence-electron chi connectivity index (χ3n) is 4.58. The molecule has 0 saturated heterocycles. The molecule has 0 amide bonds. The van der Waals surface area contributed by atoms with Crippen molar-refractivity contribution in [1.82, 2.24) is 19.5 Å². The number of nitrogens with two attached hydrogens (primary N) is 1. The average molecular weight is 403 g/mol. The third kappa shape index (κ3) is 3.54. The molecule has 3 N–H and O–H groups in total. The summed E-state index contributed by atoms with van der Waals surface area (Å²) >= 11 is 0. The van der Waals surface area contributed by atoms with Crippen LogP contribution in [0.15, 0.2) is 48.5 Å². The highest BCUT2D eigenvalue weighted by Gasteiger charge is 2.16. The number of fused-ring (bicyclic) bond motifs is 1. The van der Waals surface area contributed by atoms with Crippen molar-refractivity contribution in [2.45, 2.75) is 6.10 Å². The van der Waals surface area contributed by atoms with Crippen molar-refractivity contribution in [3.05, 3.63) is 65.7 Å². The molecule has 0 aliphatic heterocycles. The number of methoxy groups -OCH3 is 1. The summed E-state index contributed by atoms with van der Waals surface area (Å²) in [5, 5.41) is 10.4. The van der Waals surface area contributed by atoms with Gasteiger partial charge in [-0.2, -0.15) is 0 Å². The summed E-state index contributed by atoms with van der Waals surface area (Å²) in [4.78, 5) is 13.0. The number of hydrogen-bond donors (Lipinski definition) is 2. The minimum Gasteiger partial charge on any atom is -0.496 e. The van der Waals surface area contributed by atoms with E-state index in [4.69, 9.17) is 10.5 Å². The number of anilines is 1. The van der Waals surface area contributed by atoms with Crippen molar-refractivity contribution >= 4 is 17.0 Å². The highest BCUT2D eigenvalue weighted by molar-refractivity contribution is 5.85. The lowest BCUT2D eigenvalue weighted by molar-refractivity contribution is 0.232. The topological polar surface area (TPSA) is 99.1 Å². The molecule has 4 aromatic rings. The van der Waals surface area contributed by atoms with Crippen LogP contribution in [0.4, 0.5) is 10.2 Å². The number of para-hydroxylation sites is 1. The van der Waals surface area contributed by atoms with Crippen molar-refractivity contribution in [1.29, 1.82) is 0 Å². The van der Waals surface area contributed by atoms with Crippen LogP contribution >= 0.6 is 0 Å². The average Bonchev–Trinajstić information content (AvgIpc) is 3.09. The van der Waals surface area contributed by atoms with Crippen molar-refractivity contribution in [2.24, 2.45) is 7.05 Å². The summed E-state index contributed by atoms with van der Waals surface area (Å²) in [6.45, 7) is 0. The second-order valence-electron chi connectivity index (χ2n) is 6.52. The summed E-state index contributed by atoms with van der Waals surface area (Å²) in [7, 11) is 3.28. The molecule has 0 spiro atoms. The van der Waals surface area contributed by atoms with E-state index in [2.05, 4.69) is 26.8 Å². The molecule has 7 nitrogen and oxygen atoms in total. The maximum atomic E-state index is 13.6. The predicted molar refractivity (Wildman–Crippen MR) is 111 cm³/mol. The molecule has 2 aromatic carbocycles. The molecule has 30 heavy (non-hydrogen) atoms. The number of rotatable bonds is 3. The van der Waals surface area contributed by atoms with Gasteiger partial charge in [0.2, 0.25) is 5.82 Å². The van der Waals surface area contributed by atoms with Crippen LogP contribution in [0.25, 0.3) is 22.6 Å². The summed E-state index contributed by atoms with van der Waals surface area (Å²) < 4.78 is 20.6. The second-order valence-corrected chi connectivity index (χ2v) is 6.52. The zero-order chi connectivity index (χ0) is 21.3. The SMILES string of the molecule is COc1ccccc1C(O)C#Cc1nc(N)c2nc(-c3cccc(F)c3)n(C)c2n1. The lowest BCUT2D eigenvalue weighted by Gasteiger charge is -2.09. The molecule has 2 aromatic heterocycles. The zero-order valence-electron chi connectivity index (χ0n) is 16.3. The first-order valence-electron chi connectivity index (χ1n) is 9.06. The van der Waals surface area contributed by atoms with Crippen molar-refractivity contribution in [2.75, 3.05) is 12.8 Å². The Morgan fingerprint density at radius 3 is 2.70 bits per heavy atom. The Morgan fingerprint density at radius 2 is 1.93 bits per heavy atom. The highest BCUT2D eigenvalue weighted by Crippen LogP contribution is 2.26. The number of hydrogen-bond acceptors (Lipinski definition) is 6. The largest absolute Gasteiger partial charge is 0.496 e. The Labute approximate surface area is 172 Å². The third-order valence-corrected chi connectivity index (χ3v) is 4.58. The molecule has 1 atom stereocenters. The molecule has 8 heteroatoms. The number of nitrogen functional groups attached to an aromatic ring is 1. The number of aliphatic hydroxyl groups excluding tert-OH is 1. The van der Waals surface area contributed by atoms with Crippen molar-refractivity contribution in [3.63, 3.8) is 0 Å². The molecule has 4 rings (SSSR count). The van der Waals surface area contributed by atoms with Crippen LogP contribution in [0.1, 0.15) is 17.5 Å².